The van der Waals surface area contributed by atoms with Gasteiger partial charge in [0.1, 0.15) is 0 Å². The minimum absolute atomic E-state index is 0.265. The third kappa shape index (κ3) is 4.48. The van der Waals surface area contributed by atoms with E-state index in [0.29, 0.717) is 0 Å². The number of hydrogen-bond donors (Lipinski definition) is 0. The van der Waals surface area contributed by atoms with E-state index in [1.54, 1.807) is 0 Å². The molecule has 11 heavy (non-hydrogen) atoms. The number of rotatable bonds is 2. The summed E-state index contributed by atoms with van der Waals surface area (Å²) in [5, 5.41) is 0. The van der Waals surface area contributed by atoms with Crippen LogP contribution in [0.4, 0.5) is 0 Å². The summed E-state index contributed by atoms with van der Waals surface area (Å²) in [6.07, 6.45) is 2.16. The quantitative estimate of drug-likeness (QED) is 0.687. The molecule has 0 saturated carbocycles. The van der Waals surface area contributed by atoms with Crippen LogP contribution in [0.3, 0.4) is 0 Å². The van der Waals surface area contributed by atoms with Crippen molar-refractivity contribution in [1.29, 1.82) is 0 Å². The summed E-state index contributed by atoms with van der Waals surface area (Å²) in [7, 11) is 0. The monoisotopic (exact) mass is 320 g/mol. The second kappa shape index (κ2) is 4.16. The predicted octanol–water partition coefficient (Wildman–Crippen LogP) is 2.88. The van der Waals surface area contributed by atoms with Gasteiger partial charge in [0.15, 0.2) is 0 Å². The van der Waals surface area contributed by atoms with Gasteiger partial charge in [-0.3, -0.25) is 0 Å². The summed E-state index contributed by atoms with van der Waals surface area (Å²) >= 11 is 1.50. The molecule has 0 radical (unpaired) electrons. The summed E-state index contributed by atoms with van der Waals surface area (Å²) in [6, 6.07) is 0. The maximum absolute atomic E-state index is 3.87. The Morgan fingerprint density at radius 2 is 1.82 bits per heavy atom. The average Bonchev–Trinajstić information content (AvgIpc) is 1.79. The molecule has 0 aromatic rings. The second-order valence-electron chi connectivity index (χ2n) is 3.81. The van der Waals surface area contributed by atoms with Crippen LogP contribution in [0.5, 0.6) is 0 Å². The Balaban J connectivity index is 4.68. The topological polar surface area (TPSA) is 0 Å². The van der Waals surface area contributed by atoms with Gasteiger partial charge in [-0.15, -0.1) is 0 Å². The van der Waals surface area contributed by atoms with Gasteiger partial charge in [-0.1, -0.05) is 0 Å². The van der Waals surface area contributed by atoms with Crippen molar-refractivity contribution in [3.05, 3.63) is 23.8 Å². The van der Waals surface area contributed by atoms with E-state index >= 15 is 0 Å². The molecule has 0 nitrogen and oxygen atoms in total. The van der Waals surface area contributed by atoms with Crippen molar-refractivity contribution >= 4 is 4.40 Å². The number of hydrogen-bond acceptors (Lipinski definition) is 0. The Hall–Kier alpha value is 0.0383. The molecule has 0 bridgehead atoms. The van der Waals surface area contributed by atoms with E-state index in [9.17, 15) is 0 Å². The average molecular weight is 320 g/mol. The fourth-order valence-electron chi connectivity index (χ4n) is 0.693. The maximum atomic E-state index is 3.87. The van der Waals surface area contributed by atoms with E-state index < -0.39 is 0 Å². The molecule has 0 unspecified atom stereocenters. The van der Waals surface area contributed by atoms with E-state index in [0.717, 1.165) is 5.57 Å². The summed E-state index contributed by atoms with van der Waals surface area (Å²) < 4.78 is 2.23. The molecule has 1 heteroatoms. The van der Waals surface area contributed by atoms with Gasteiger partial charge in [0.2, 0.25) is 0 Å². The molecule has 62 valence electrons. The van der Waals surface area contributed by atoms with Crippen molar-refractivity contribution in [2.75, 3.05) is 0 Å². The van der Waals surface area contributed by atoms with Gasteiger partial charge in [-0.2, -0.15) is 0 Å². The van der Waals surface area contributed by atoms with E-state index in [2.05, 4.69) is 37.8 Å². The minimum atomic E-state index is 0.265. The molecule has 0 rings (SSSR count). The van der Waals surface area contributed by atoms with Crippen LogP contribution in [0.25, 0.3) is 0 Å². The van der Waals surface area contributed by atoms with Gasteiger partial charge >= 0.3 is 80.7 Å². The molecule has 0 amide bonds. The van der Waals surface area contributed by atoms with Gasteiger partial charge in [0.25, 0.3) is 0 Å². The fraction of sp³-hybridized carbons (Fsp3) is 0.500. The summed E-state index contributed by atoms with van der Waals surface area (Å²) in [5.41, 5.74) is 2.79. The van der Waals surface area contributed by atoms with E-state index in [1.165, 1.54) is 24.9 Å². The molecular formula is C10H16W. The Kier molecular flexibility index (Phi) is 4.18. The van der Waals surface area contributed by atoms with E-state index in [-0.39, 0.29) is 5.41 Å². The molecule has 0 fully saturated rings. The molecule has 0 spiro atoms. The van der Waals surface area contributed by atoms with Crippen molar-refractivity contribution in [3.8, 4) is 0 Å². The van der Waals surface area contributed by atoms with Crippen LogP contribution in [0.1, 0.15) is 27.7 Å². The van der Waals surface area contributed by atoms with Gasteiger partial charge in [-0.05, 0) is 0 Å². The second-order valence-corrected chi connectivity index (χ2v) is 4.66. The Morgan fingerprint density at radius 3 is 1.91 bits per heavy atom. The Labute approximate surface area is 80.8 Å². The van der Waals surface area contributed by atoms with Crippen LogP contribution in [-0.4, -0.2) is 4.40 Å². The SMILES string of the molecule is C=C(C)/C=C(\[CH]=[W])C(C)(C)C. The molecule has 0 aliphatic rings. The first-order valence-corrected chi connectivity index (χ1v) is 5.40. The third-order valence-electron chi connectivity index (χ3n) is 1.39. The zero-order valence-electron chi connectivity index (χ0n) is 7.77. The first-order chi connectivity index (χ1) is 4.88. The Bertz CT molecular complexity index is 191. The van der Waals surface area contributed by atoms with Crippen LogP contribution in [0.2, 0.25) is 0 Å². The molecule has 0 aromatic heterocycles. The van der Waals surface area contributed by atoms with Gasteiger partial charge in [-0.25, -0.2) is 0 Å². The molecular weight excluding hydrogens is 304 g/mol. The first-order valence-electron chi connectivity index (χ1n) is 3.71. The molecule has 0 atom stereocenters. The zero-order valence-corrected chi connectivity index (χ0v) is 10.7. The van der Waals surface area contributed by atoms with Crippen molar-refractivity contribution < 1.29 is 19.4 Å². The Morgan fingerprint density at radius 1 is 1.36 bits per heavy atom. The molecule has 0 aliphatic heterocycles. The third-order valence-corrected chi connectivity index (χ3v) is 2.31. The van der Waals surface area contributed by atoms with Crippen molar-refractivity contribution in [2.24, 2.45) is 5.41 Å². The first kappa shape index (κ1) is 11.0. The van der Waals surface area contributed by atoms with Crippen LogP contribution in [0, 0.1) is 5.41 Å². The normalized spacial score (nSPS) is 12.9. The summed E-state index contributed by atoms with van der Waals surface area (Å²) in [5.74, 6) is 0. The standard InChI is InChI=1S/C10H16.W/c1-8(2)7-9(3)10(4,5)6;/h3,7H,1H2,2,4-6H3;/b9-7+;. The number of allylic oxidation sites excluding steroid dienone is 3. The summed E-state index contributed by atoms with van der Waals surface area (Å²) in [4.78, 5) is 0. The summed E-state index contributed by atoms with van der Waals surface area (Å²) in [6.45, 7) is 12.6. The van der Waals surface area contributed by atoms with Crippen LogP contribution >= 0.6 is 0 Å². The molecule has 0 N–H and O–H groups in total. The van der Waals surface area contributed by atoms with Gasteiger partial charge in [0, 0.05) is 0 Å². The van der Waals surface area contributed by atoms with Crippen molar-refractivity contribution in [3.63, 3.8) is 0 Å². The molecule has 0 saturated heterocycles. The van der Waals surface area contributed by atoms with Crippen molar-refractivity contribution in [1.82, 2.24) is 0 Å². The fourth-order valence-corrected chi connectivity index (χ4v) is 2.21. The predicted molar refractivity (Wildman–Crippen MR) is 48.4 cm³/mol. The van der Waals surface area contributed by atoms with Crippen LogP contribution < -0.4 is 0 Å². The van der Waals surface area contributed by atoms with Crippen molar-refractivity contribution in [2.45, 2.75) is 27.7 Å². The molecule has 0 aliphatic carbocycles. The van der Waals surface area contributed by atoms with Gasteiger partial charge in [0.05, 0.1) is 0 Å². The van der Waals surface area contributed by atoms with E-state index in [4.69, 9.17) is 0 Å². The zero-order chi connectivity index (χ0) is 9.07. The van der Waals surface area contributed by atoms with E-state index in [1.807, 2.05) is 6.92 Å². The molecule has 0 heterocycles. The van der Waals surface area contributed by atoms with Crippen LogP contribution in [0.15, 0.2) is 23.8 Å². The van der Waals surface area contributed by atoms with Gasteiger partial charge < -0.3 is 0 Å². The van der Waals surface area contributed by atoms with Crippen LogP contribution in [-0.2, 0) is 19.4 Å². The molecule has 0 aromatic carbocycles.